The van der Waals surface area contributed by atoms with Gasteiger partial charge in [-0.15, -0.1) is 0 Å². The van der Waals surface area contributed by atoms with E-state index in [0.29, 0.717) is 11.4 Å². The van der Waals surface area contributed by atoms with Gasteiger partial charge in [-0.2, -0.15) is 0 Å². The largest absolute Gasteiger partial charge is 0.507 e. The molecule has 2 aromatic heterocycles. The number of aromatic hydroxyl groups is 1. The summed E-state index contributed by atoms with van der Waals surface area (Å²) in [6.45, 7) is 17.4. The maximum absolute atomic E-state index is 11.6. The molecule has 0 saturated heterocycles. The highest BCUT2D eigenvalue weighted by Gasteiger charge is 2.25. The fourth-order valence-electron chi connectivity index (χ4n) is 8.61. The van der Waals surface area contributed by atoms with Crippen LogP contribution in [0.15, 0.2) is 176 Å². The molecule has 0 atom stereocenters. The van der Waals surface area contributed by atoms with E-state index in [-0.39, 0.29) is 16.6 Å². The lowest BCUT2D eigenvalue weighted by Gasteiger charge is -2.22. The van der Waals surface area contributed by atoms with Crippen molar-refractivity contribution in [2.75, 3.05) is 0 Å². The first-order valence-electron chi connectivity index (χ1n) is 22.4. The van der Waals surface area contributed by atoms with Crippen LogP contribution in [0.5, 0.6) is 5.75 Å². The number of phenolic OH excluding ortho intramolecular Hbond substituents is 1. The lowest BCUT2D eigenvalue weighted by Crippen LogP contribution is -2.11. The molecule has 312 valence electrons. The van der Waals surface area contributed by atoms with Crippen LogP contribution in [0.2, 0.25) is 0 Å². The lowest BCUT2D eigenvalue weighted by molar-refractivity contribution is 0.477. The monoisotopic (exact) mass is 822 g/mol. The van der Waals surface area contributed by atoms with Crippen molar-refractivity contribution < 1.29 is 6.48 Å². The molecule has 0 amide bonds. The van der Waals surface area contributed by atoms with Gasteiger partial charge in [0.05, 0.1) is 28.0 Å². The summed E-state index contributed by atoms with van der Waals surface area (Å²) >= 11 is 0. The molecule has 7 aromatic carbocycles. The Balaban J connectivity index is 1.31. The zero-order chi connectivity index (χ0) is 45.0. The summed E-state index contributed by atoms with van der Waals surface area (Å²) in [6.07, 6.45) is 1.91. The van der Waals surface area contributed by atoms with Crippen molar-refractivity contribution in [3.05, 3.63) is 193 Å². The van der Waals surface area contributed by atoms with Crippen LogP contribution in [0.25, 0.3) is 83.9 Å². The fourth-order valence-corrected chi connectivity index (χ4v) is 8.61. The van der Waals surface area contributed by atoms with E-state index >= 15 is 0 Å². The Morgan fingerprint density at radius 2 is 1.13 bits per heavy atom. The summed E-state index contributed by atoms with van der Waals surface area (Å²) in [5, 5.41) is 11.6. The smallest absolute Gasteiger partial charge is 0.149 e. The van der Waals surface area contributed by atoms with Gasteiger partial charge < -0.3 is 5.11 Å². The lowest BCUT2D eigenvalue weighted by atomic mass is 9.83. The molecule has 4 heteroatoms. The topological polar surface area (TPSA) is 50.9 Å². The van der Waals surface area contributed by atoms with Gasteiger partial charge in [0.2, 0.25) is 0 Å². The van der Waals surface area contributed by atoms with Crippen molar-refractivity contribution in [2.45, 2.75) is 72.1 Å². The molecule has 1 N–H and O–H groups in total. The van der Waals surface area contributed by atoms with E-state index < -0.39 is 5.89 Å². The quantitative estimate of drug-likeness (QED) is 0.166. The normalized spacial score (nSPS) is 12.4. The molecule has 0 aliphatic heterocycles. The van der Waals surface area contributed by atoms with Gasteiger partial charge in [-0.25, -0.2) is 4.98 Å². The summed E-state index contributed by atoms with van der Waals surface area (Å²) < 4.78 is 11.6. The second-order valence-corrected chi connectivity index (χ2v) is 18.9. The number of nitrogens with zero attached hydrogens (tertiary/aromatic N) is 3. The maximum atomic E-state index is 11.6. The fraction of sp³-hybridized carbons (Fsp3) is 0.186. The molecular weight excluding hydrogens is 767 g/mol. The second-order valence-electron chi connectivity index (χ2n) is 18.9. The average Bonchev–Trinajstić information content (AvgIpc) is 3.68. The standard InChI is InChI=1S/C59H55N3O/c1-38(2)49-36-51(41-20-13-10-14-21-41)54(37-50(49)40-18-11-9-12-19-40)62-53-24-17-23-47(56(53)61-57(62)48-22-15-16-25-55(48)63)43-32-44(34-46(33-43)59(6,7)8)52-35-42(30-31-60-52)39-26-28-45(29-27-39)58(3,4)5/h9-38,63H,1-8H3/i38D. The summed E-state index contributed by atoms with van der Waals surface area (Å²) in [4.78, 5) is 10.5. The molecule has 0 unspecified atom stereocenters. The van der Waals surface area contributed by atoms with E-state index in [4.69, 9.17) is 9.97 Å². The minimum Gasteiger partial charge on any atom is -0.507 e. The van der Waals surface area contributed by atoms with Crippen molar-refractivity contribution in [3.8, 4) is 78.6 Å². The minimum atomic E-state index is -0.904. The third-order valence-electron chi connectivity index (χ3n) is 12.2. The van der Waals surface area contributed by atoms with Gasteiger partial charge in [-0.1, -0.05) is 171 Å². The van der Waals surface area contributed by atoms with Crippen LogP contribution in [-0.2, 0) is 10.8 Å². The number of phenols is 1. The number of hydrogen-bond acceptors (Lipinski definition) is 3. The zero-order valence-electron chi connectivity index (χ0n) is 38.5. The maximum Gasteiger partial charge on any atom is 0.149 e. The Labute approximate surface area is 374 Å². The van der Waals surface area contributed by atoms with Crippen LogP contribution in [0.4, 0.5) is 0 Å². The highest BCUT2D eigenvalue weighted by atomic mass is 16.3. The molecule has 9 rings (SSSR count). The van der Waals surface area contributed by atoms with Gasteiger partial charge in [0, 0.05) is 24.3 Å². The summed E-state index contributed by atoms with van der Waals surface area (Å²) in [7, 11) is 0. The molecule has 9 aromatic rings. The number of aromatic nitrogens is 3. The number of para-hydroxylation sites is 2. The van der Waals surface area contributed by atoms with Crippen molar-refractivity contribution in [2.24, 2.45) is 0 Å². The molecule has 0 radical (unpaired) electrons. The second kappa shape index (κ2) is 16.3. The zero-order valence-corrected chi connectivity index (χ0v) is 37.5. The highest BCUT2D eigenvalue weighted by molar-refractivity contribution is 5.98. The van der Waals surface area contributed by atoms with Crippen LogP contribution >= 0.6 is 0 Å². The van der Waals surface area contributed by atoms with Crippen molar-refractivity contribution in [1.29, 1.82) is 0 Å². The number of pyridine rings is 1. The van der Waals surface area contributed by atoms with Crippen LogP contribution in [0, 0.1) is 0 Å². The number of benzene rings is 7. The van der Waals surface area contributed by atoms with E-state index in [1.54, 1.807) is 6.07 Å². The Morgan fingerprint density at radius 3 is 1.78 bits per heavy atom. The molecule has 4 nitrogen and oxygen atoms in total. The van der Waals surface area contributed by atoms with Gasteiger partial charge in [-0.3, -0.25) is 9.55 Å². The SMILES string of the molecule is [2H]C(C)(C)c1cc(-c2ccccc2)c(-n2c(-c3ccccc3O)nc3c(-c4cc(-c5cc(-c6ccc(C(C)(C)C)cc6)ccn5)cc(C(C)(C)C)c4)cccc32)cc1-c1ccccc1. The third kappa shape index (κ3) is 8.10. The van der Waals surface area contributed by atoms with Crippen LogP contribution in [-0.4, -0.2) is 19.6 Å². The summed E-state index contributed by atoms with van der Waals surface area (Å²) in [5.74, 6) is -0.141. The first kappa shape index (κ1) is 40.1. The molecule has 0 bridgehead atoms. The van der Waals surface area contributed by atoms with E-state index in [9.17, 15) is 6.48 Å². The highest BCUT2D eigenvalue weighted by Crippen LogP contribution is 2.44. The van der Waals surface area contributed by atoms with Gasteiger partial charge in [-0.05, 0) is 121 Å². The Hall–Kier alpha value is -7.04. The predicted molar refractivity (Wildman–Crippen MR) is 265 cm³/mol. The minimum absolute atomic E-state index is 0.0754. The third-order valence-corrected chi connectivity index (χ3v) is 12.2. The number of rotatable bonds is 8. The Bertz CT molecular complexity index is 3150. The van der Waals surface area contributed by atoms with E-state index in [1.165, 1.54) is 11.1 Å². The Morgan fingerprint density at radius 1 is 0.508 bits per heavy atom. The van der Waals surface area contributed by atoms with Crippen LogP contribution in [0.3, 0.4) is 0 Å². The number of hydrogen-bond donors (Lipinski definition) is 1. The van der Waals surface area contributed by atoms with Crippen molar-refractivity contribution >= 4 is 11.0 Å². The number of imidazole rings is 1. The number of fused-ring (bicyclic) bond motifs is 1. The van der Waals surface area contributed by atoms with Crippen molar-refractivity contribution in [3.63, 3.8) is 0 Å². The molecule has 0 aliphatic rings. The van der Waals surface area contributed by atoms with Gasteiger partial charge in [0.15, 0.2) is 0 Å². The molecule has 63 heavy (non-hydrogen) atoms. The summed E-state index contributed by atoms with van der Waals surface area (Å²) in [5.41, 5.74) is 16.7. The summed E-state index contributed by atoms with van der Waals surface area (Å²) in [6, 6.07) is 58.9. The van der Waals surface area contributed by atoms with E-state index in [0.717, 1.165) is 78.0 Å². The molecule has 0 saturated carbocycles. The van der Waals surface area contributed by atoms with Gasteiger partial charge in [0.25, 0.3) is 0 Å². The molecule has 2 heterocycles. The predicted octanol–water partition coefficient (Wildman–Crippen LogP) is 15.8. The average molecular weight is 823 g/mol. The Kier molecular flexibility index (Phi) is 10.4. The molecule has 0 spiro atoms. The van der Waals surface area contributed by atoms with Gasteiger partial charge >= 0.3 is 0 Å². The van der Waals surface area contributed by atoms with Crippen LogP contribution < -0.4 is 0 Å². The van der Waals surface area contributed by atoms with Crippen LogP contribution in [0.1, 0.15) is 79.3 Å². The van der Waals surface area contributed by atoms with E-state index in [2.05, 4.69) is 167 Å². The molecule has 0 fully saturated rings. The molecular formula is C59H55N3O. The molecule has 0 aliphatic carbocycles. The first-order valence-corrected chi connectivity index (χ1v) is 21.9. The van der Waals surface area contributed by atoms with Gasteiger partial charge in [0.1, 0.15) is 11.6 Å². The van der Waals surface area contributed by atoms with Crippen molar-refractivity contribution in [1.82, 2.24) is 14.5 Å². The first-order chi connectivity index (χ1) is 30.5. The van der Waals surface area contributed by atoms with E-state index in [1.807, 2.05) is 62.5 Å².